The Balaban J connectivity index is 1.97. The summed E-state index contributed by atoms with van der Waals surface area (Å²) in [4.78, 5) is 18.2. The highest BCUT2D eigenvalue weighted by molar-refractivity contribution is 7.90. The molecule has 1 aliphatic heterocycles. The molecule has 26 heavy (non-hydrogen) atoms. The van der Waals surface area contributed by atoms with Gasteiger partial charge >= 0.3 is 0 Å². The molecule has 1 amide bonds. The number of fused-ring (bicyclic) bond motifs is 1. The van der Waals surface area contributed by atoms with Crippen LogP contribution in [-0.4, -0.2) is 25.6 Å². The molecule has 0 bridgehead atoms. The van der Waals surface area contributed by atoms with E-state index < -0.39 is 21.7 Å². The lowest BCUT2D eigenvalue weighted by atomic mass is 9.97. The fourth-order valence-electron chi connectivity index (χ4n) is 3.22. The fraction of sp³-hybridized carbons (Fsp3) is 0.444. The van der Waals surface area contributed by atoms with Crippen LogP contribution in [0.1, 0.15) is 53.4 Å². The monoisotopic (exact) mass is 393 g/mol. The Hall–Kier alpha value is -1.77. The van der Waals surface area contributed by atoms with Crippen molar-refractivity contribution in [2.75, 3.05) is 6.26 Å². The second-order valence-electron chi connectivity index (χ2n) is 6.78. The molecule has 1 aromatic carbocycles. The zero-order valence-electron chi connectivity index (χ0n) is 15.0. The quantitative estimate of drug-likeness (QED) is 0.784. The van der Waals surface area contributed by atoms with Gasteiger partial charge in [-0.05, 0) is 23.6 Å². The van der Waals surface area contributed by atoms with Crippen LogP contribution in [-0.2, 0) is 21.2 Å². The van der Waals surface area contributed by atoms with Crippen molar-refractivity contribution in [2.24, 2.45) is 11.7 Å². The zero-order valence-corrected chi connectivity index (χ0v) is 16.7. The summed E-state index contributed by atoms with van der Waals surface area (Å²) in [7, 11) is -3.28. The van der Waals surface area contributed by atoms with Crippen molar-refractivity contribution in [1.29, 1.82) is 0 Å². The first-order valence-corrected chi connectivity index (χ1v) is 11.2. The average molecular weight is 394 g/mol. The molecule has 8 heteroatoms. The molecule has 3 rings (SSSR count). The van der Waals surface area contributed by atoms with Crippen molar-refractivity contribution in [3.8, 4) is 0 Å². The topological polar surface area (TPSA) is 102 Å². The van der Waals surface area contributed by atoms with Crippen molar-refractivity contribution >= 4 is 27.1 Å². The average Bonchev–Trinajstić information content (AvgIpc) is 3.14. The van der Waals surface area contributed by atoms with E-state index in [1.54, 1.807) is 12.1 Å². The first-order chi connectivity index (χ1) is 12.2. The van der Waals surface area contributed by atoms with Crippen molar-refractivity contribution in [3.63, 3.8) is 0 Å². The maximum absolute atomic E-state index is 12.1. The van der Waals surface area contributed by atoms with Crippen LogP contribution < -0.4 is 11.1 Å². The summed E-state index contributed by atoms with van der Waals surface area (Å²) >= 11 is 1.50. The Morgan fingerprint density at radius 1 is 1.38 bits per heavy atom. The van der Waals surface area contributed by atoms with Crippen LogP contribution in [0.5, 0.6) is 0 Å². The number of hydrogen-bond acceptors (Lipinski definition) is 6. The van der Waals surface area contributed by atoms with E-state index in [0.717, 1.165) is 29.8 Å². The third-order valence-corrected chi connectivity index (χ3v) is 7.17. The zero-order chi connectivity index (χ0) is 19.1. The number of aromatic nitrogens is 1. The van der Waals surface area contributed by atoms with Crippen LogP contribution in [0.25, 0.3) is 0 Å². The largest absolute Gasteiger partial charge is 0.369 e. The van der Waals surface area contributed by atoms with E-state index >= 15 is 0 Å². The molecule has 0 saturated heterocycles. The number of sulfone groups is 1. The van der Waals surface area contributed by atoms with Gasteiger partial charge in [-0.3, -0.25) is 4.79 Å². The minimum absolute atomic E-state index is 0.195. The number of nitrogens with one attached hydrogen (secondary N) is 1. The molecule has 3 N–H and O–H groups in total. The van der Waals surface area contributed by atoms with E-state index in [4.69, 9.17) is 10.7 Å². The van der Waals surface area contributed by atoms with E-state index in [9.17, 15) is 13.2 Å². The maximum Gasteiger partial charge on any atom is 0.231 e. The Bertz CT molecular complexity index is 920. The number of benzene rings is 1. The summed E-state index contributed by atoms with van der Waals surface area (Å²) in [6.07, 6.45) is 2.19. The van der Waals surface area contributed by atoms with Crippen molar-refractivity contribution in [1.82, 2.24) is 10.3 Å². The van der Waals surface area contributed by atoms with Gasteiger partial charge in [-0.15, -0.1) is 11.3 Å². The number of thiazole rings is 1. The Morgan fingerprint density at radius 3 is 2.58 bits per heavy atom. The smallest absolute Gasteiger partial charge is 0.231 e. The minimum Gasteiger partial charge on any atom is -0.369 e. The summed E-state index contributed by atoms with van der Waals surface area (Å²) < 4.78 is 23.3. The van der Waals surface area contributed by atoms with Crippen molar-refractivity contribution < 1.29 is 13.2 Å². The normalized spacial score (nSPS) is 19.1. The summed E-state index contributed by atoms with van der Waals surface area (Å²) in [6.45, 7) is 5.08. The predicted octanol–water partition coefficient (Wildman–Crippen LogP) is 2.35. The molecule has 1 unspecified atom stereocenters. The third kappa shape index (κ3) is 3.54. The number of nitrogens with zero attached hydrogens (tertiary/aromatic N) is 1. The first-order valence-electron chi connectivity index (χ1n) is 8.54. The lowest BCUT2D eigenvalue weighted by Crippen LogP contribution is -2.24. The highest BCUT2D eigenvalue weighted by atomic mass is 32.2. The number of amides is 1. The number of hydrogen-bond donors (Lipinski definition) is 2. The SMILES string of the molecule is CC[C@H](C)[C@@H]1NCc2sc(C(C(N)=O)c3ccc(S(C)(=O)=O)cc3)nc21. The molecule has 0 fully saturated rings. The molecular formula is C18H23N3O3S2. The van der Waals surface area contributed by atoms with Gasteiger partial charge in [-0.2, -0.15) is 0 Å². The van der Waals surface area contributed by atoms with Gasteiger partial charge in [0.05, 0.1) is 16.6 Å². The van der Waals surface area contributed by atoms with E-state index in [2.05, 4.69) is 19.2 Å². The lowest BCUT2D eigenvalue weighted by molar-refractivity contribution is -0.118. The van der Waals surface area contributed by atoms with Gasteiger partial charge in [0.2, 0.25) is 5.91 Å². The number of rotatable bonds is 6. The Labute approximate surface area is 157 Å². The van der Waals surface area contributed by atoms with Crippen LogP contribution in [0.3, 0.4) is 0 Å². The molecule has 6 nitrogen and oxygen atoms in total. The maximum atomic E-state index is 12.1. The van der Waals surface area contributed by atoms with Crippen LogP contribution in [0, 0.1) is 5.92 Å². The summed E-state index contributed by atoms with van der Waals surface area (Å²) in [5.41, 5.74) is 7.33. The van der Waals surface area contributed by atoms with Gasteiger partial charge in [0.15, 0.2) is 9.84 Å². The molecule has 3 atom stereocenters. The predicted molar refractivity (Wildman–Crippen MR) is 102 cm³/mol. The molecular weight excluding hydrogens is 370 g/mol. The van der Waals surface area contributed by atoms with Gasteiger partial charge < -0.3 is 11.1 Å². The highest BCUT2D eigenvalue weighted by Crippen LogP contribution is 2.39. The minimum atomic E-state index is -3.28. The summed E-state index contributed by atoms with van der Waals surface area (Å²) in [6, 6.07) is 6.49. The molecule has 2 heterocycles. The number of carbonyl (C=O) groups excluding carboxylic acids is 1. The van der Waals surface area contributed by atoms with E-state index in [1.165, 1.54) is 23.5 Å². The number of carbonyl (C=O) groups is 1. The Morgan fingerprint density at radius 2 is 2.04 bits per heavy atom. The van der Waals surface area contributed by atoms with Crippen LogP contribution in [0.4, 0.5) is 0 Å². The molecule has 0 radical (unpaired) electrons. The van der Waals surface area contributed by atoms with Gasteiger partial charge in [0.1, 0.15) is 10.9 Å². The van der Waals surface area contributed by atoms with Gasteiger partial charge in [-0.1, -0.05) is 32.4 Å². The summed E-state index contributed by atoms with van der Waals surface area (Å²) in [5.74, 6) is -0.707. The molecule has 1 aliphatic rings. The van der Waals surface area contributed by atoms with Gasteiger partial charge in [0, 0.05) is 17.7 Å². The highest BCUT2D eigenvalue weighted by Gasteiger charge is 2.33. The van der Waals surface area contributed by atoms with Crippen molar-refractivity contribution in [2.45, 2.75) is 43.7 Å². The molecule has 2 aromatic rings. The molecule has 0 spiro atoms. The van der Waals surface area contributed by atoms with Crippen LogP contribution >= 0.6 is 11.3 Å². The lowest BCUT2D eigenvalue weighted by Gasteiger charge is -2.18. The van der Waals surface area contributed by atoms with Crippen molar-refractivity contribution in [3.05, 3.63) is 45.4 Å². The third-order valence-electron chi connectivity index (χ3n) is 4.91. The molecule has 0 aliphatic carbocycles. The van der Waals surface area contributed by atoms with E-state index in [-0.39, 0.29) is 10.9 Å². The fourth-order valence-corrected chi connectivity index (χ4v) is 5.05. The van der Waals surface area contributed by atoms with E-state index in [1.807, 2.05) is 0 Å². The molecule has 0 saturated carbocycles. The second kappa shape index (κ2) is 7.09. The Kier molecular flexibility index (Phi) is 5.18. The van der Waals surface area contributed by atoms with Gasteiger partial charge in [-0.25, -0.2) is 13.4 Å². The van der Waals surface area contributed by atoms with Crippen LogP contribution in [0.2, 0.25) is 0 Å². The van der Waals surface area contributed by atoms with Crippen LogP contribution in [0.15, 0.2) is 29.2 Å². The number of primary amides is 1. The molecule has 140 valence electrons. The van der Waals surface area contributed by atoms with Gasteiger partial charge in [0.25, 0.3) is 0 Å². The first kappa shape index (κ1) is 19.0. The number of nitrogens with two attached hydrogens (primary N) is 1. The summed E-state index contributed by atoms with van der Waals surface area (Å²) in [5, 5.41) is 4.15. The standard InChI is InChI=1S/C18H23N3O3S2/c1-4-10(2)15-16-13(9-20-15)25-18(21-16)14(17(19)22)11-5-7-12(8-6-11)26(3,23)24/h5-8,10,14-15,20H,4,9H2,1-3H3,(H2,19,22)/t10-,14?,15-/m0/s1. The molecule has 1 aromatic heterocycles. The second-order valence-corrected chi connectivity index (χ2v) is 9.91. The van der Waals surface area contributed by atoms with E-state index in [0.29, 0.717) is 16.5 Å².